The van der Waals surface area contributed by atoms with Gasteiger partial charge in [0.1, 0.15) is 18.0 Å². The lowest BCUT2D eigenvalue weighted by atomic mass is 9.89. The molecule has 3 rings (SSSR count). The predicted octanol–water partition coefficient (Wildman–Crippen LogP) is 1.64. The summed E-state index contributed by atoms with van der Waals surface area (Å²) < 4.78 is 25.5. The number of nitrogens with one attached hydrogen (secondary N) is 2. The van der Waals surface area contributed by atoms with Crippen LogP contribution in [0.3, 0.4) is 0 Å². The van der Waals surface area contributed by atoms with Crippen LogP contribution in [-0.2, 0) is 17.9 Å². The smallest absolute Gasteiger partial charge is 0.247 e. The molecule has 0 radical (unpaired) electrons. The number of ether oxygens (including phenoxy) is 2. The number of carbonyl (C=O) groups is 1. The van der Waals surface area contributed by atoms with E-state index in [1.165, 1.54) is 19.2 Å². The van der Waals surface area contributed by atoms with Gasteiger partial charge in [-0.15, -0.1) is 0 Å². The van der Waals surface area contributed by atoms with Crippen molar-refractivity contribution < 1.29 is 34.0 Å². The average molecular weight is 586 g/mol. The molecule has 0 aliphatic heterocycles. The first kappa shape index (κ1) is 26.4. The van der Waals surface area contributed by atoms with Crippen LogP contribution in [0.25, 0.3) is 0 Å². The van der Waals surface area contributed by atoms with Gasteiger partial charge < -0.3 is 35.4 Å². The van der Waals surface area contributed by atoms with E-state index in [2.05, 4.69) is 33.2 Å². The fourth-order valence-electron chi connectivity index (χ4n) is 3.67. The van der Waals surface area contributed by atoms with Gasteiger partial charge >= 0.3 is 0 Å². The Bertz CT molecular complexity index is 1020. The lowest BCUT2D eigenvalue weighted by Gasteiger charge is -2.34. The Morgan fingerprint density at radius 2 is 1.94 bits per heavy atom. The second-order valence-corrected chi connectivity index (χ2v) is 8.99. The first-order valence-electron chi connectivity index (χ1n) is 10.8. The Balaban J connectivity index is 1.85. The standard InChI is InChI=1S/C24H28FIN2O6/c1-33-21-9-15(13-30)8-18(26)23(21)34-20-11-16(24(32)27-6-7-29)10-19(22(20)31)28-12-14-2-4-17(25)5-3-14/h2-5,8-9,11,19-20,22,28-31H,6-7,10,12-13H2,1H3,(H,27,32)/t19-,20+,22+/m1/s1. The Kier molecular flexibility index (Phi) is 9.65. The lowest BCUT2D eigenvalue weighted by molar-refractivity contribution is -0.118. The minimum atomic E-state index is -1.01. The second kappa shape index (κ2) is 12.5. The molecule has 0 saturated heterocycles. The van der Waals surface area contributed by atoms with Gasteiger partial charge in [-0.1, -0.05) is 12.1 Å². The number of amides is 1. The average Bonchev–Trinajstić information content (AvgIpc) is 2.84. The third kappa shape index (κ3) is 6.66. The molecular weight excluding hydrogens is 558 g/mol. The molecule has 8 nitrogen and oxygen atoms in total. The topological polar surface area (TPSA) is 120 Å². The molecule has 2 aromatic rings. The molecule has 0 saturated carbocycles. The van der Waals surface area contributed by atoms with Crippen LogP contribution in [0.4, 0.5) is 4.39 Å². The fraction of sp³-hybridized carbons (Fsp3) is 0.375. The molecule has 1 amide bonds. The van der Waals surface area contributed by atoms with Gasteiger partial charge in [-0.3, -0.25) is 4.79 Å². The SMILES string of the molecule is COc1cc(CO)cc(I)c1O[C@H]1C=C(C(=O)NCCO)C[C@@H](NCc2ccc(F)cc2)[C@@H]1O. The van der Waals surface area contributed by atoms with Gasteiger partial charge in [0.05, 0.1) is 23.9 Å². The van der Waals surface area contributed by atoms with E-state index in [4.69, 9.17) is 14.6 Å². The normalized spacial score (nSPS) is 19.9. The van der Waals surface area contributed by atoms with Gasteiger partial charge in [-0.25, -0.2) is 4.39 Å². The molecule has 10 heteroatoms. The summed E-state index contributed by atoms with van der Waals surface area (Å²) >= 11 is 2.06. The van der Waals surface area contributed by atoms with Crippen molar-refractivity contribution >= 4 is 28.5 Å². The summed E-state index contributed by atoms with van der Waals surface area (Å²) in [4.78, 5) is 12.6. The van der Waals surface area contributed by atoms with E-state index in [9.17, 15) is 19.4 Å². The summed E-state index contributed by atoms with van der Waals surface area (Å²) in [6.45, 7) is 0.0994. The maximum atomic E-state index is 13.2. The van der Waals surface area contributed by atoms with Gasteiger partial charge in [-0.2, -0.15) is 0 Å². The molecule has 2 aromatic carbocycles. The Morgan fingerprint density at radius 3 is 2.59 bits per heavy atom. The zero-order chi connectivity index (χ0) is 24.7. The highest BCUT2D eigenvalue weighted by atomic mass is 127. The fourth-order valence-corrected chi connectivity index (χ4v) is 4.46. The molecule has 34 heavy (non-hydrogen) atoms. The summed E-state index contributed by atoms with van der Waals surface area (Å²) in [6.07, 6.45) is -0.0790. The molecule has 184 valence electrons. The van der Waals surface area contributed by atoms with Gasteiger partial charge in [0.25, 0.3) is 0 Å². The van der Waals surface area contributed by atoms with Crippen molar-refractivity contribution in [3.63, 3.8) is 0 Å². The van der Waals surface area contributed by atoms with Crippen molar-refractivity contribution in [3.8, 4) is 11.5 Å². The molecule has 3 atom stereocenters. The van der Waals surface area contributed by atoms with Gasteiger partial charge in [0, 0.05) is 24.7 Å². The van der Waals surface area contributed by atoms with Gasteiger partial charge in [0.15, 0.2) is 11.5 Å². The Labute approximate surface area is 210 Å². The Morgan fingerprint density at radius 1 is 1.21 bits per heavy atom. The number of aliphatic hydroxyl groups excluding tert-OH is 3. The number of hydrogen-bond acceptors (Lipinski definition) is 7. The zero-order valence-electron chi connectivity index (χ0n) is 18.6. The highest BCUT2D eigenvalue weighted by molar-refractivity contribution is 14.1. The van der Waals surface area contributed by atoms with Crippen molar-refractivity contribution in [1.82, 2.24) is 10.6 Å². The monoisotopic (exact) mass is 586 g/mol. The number of aliphatic hydroxyl groups is 3. The third-order valence-electron chi connectivity index (χ3n) is 5.45. The minimum Gasteiger partial charge on any atom is -0.493 e. The van der Waals surface area contributed by atoms with Crippen molar-refractivity contribution in [2.45, 2.75) is 37.8 Å². The van der Waals surface area contributed by atoms with E-state index in [0.717, 1.165) is 5.56 Å². The first-order valence-corrected chi connectivity index (χ1v) is 11.8. The van der Waals surface area contributed by atoms with Crippen LogP contribution >= 0.6 is 22.6 Å². The van der Waals surface area contributed by atoms with Crippen LogP contribution < -0.4 is 20.1 Å². The van der Waals surface area contributed by atoms with Crippen LogP contribution in [0.15, 0.2) is 48.0 Å². The van der Waals surface area contributed by atoms with Crippen LogP contribution in [-0.4, -0.2) is 59.7 Å². The number of carbonyl (C=O) groups excluding carboxylic acids is 1. The van der Waals surface area contributed by atoms with Gasteiger partial charge in [0.2, 0.25) is 5.91 Å². The summed E-state index contributed by atoms with van der Waals surface area (Å²) in [5.74, 6) is 0.0796. The molecule has 1 aliphatic carbocycles. The second-order valence-electron chi connectivity index (χ2n) is 7.83. The lowest BCUT2D eigenvalue weighted by Crippen LogP contribution is -2.51. The number of rotatable bonds is 10. The number of halogens is 2. The van der Waals surface area contributed by atoms with Crippen LogP contribution in [0.1, 0.15) is 17.5 Å². The summed E-state index contributed by atoms with van der Waals surface area (Å²) in [7, 11) is 1.48. The van der Waals surface area contributed by atoms with E-state index in [0.29, 0.717) is 32.8 Å². The summed E-state index contributed by atoms with van der Waals surface area (Å²) in [5, 5.41) is 35.5. The molecule has 1 aliphatic rings. The summed E-state index contributed by atoms with van der Waals surface area (Å²) in [5.41, 5.74) is 1.88. The maximum Gasteiger partial charge on any atom is 0.247 e. The quantitative estimate of drug-likeness (QED) is 0.269. The van der Waals surface area contributed by atoms with Crippen molar-refractivity contribution in [1.29, 1.82) is 0 Å². The summed E-state index contributed by atoms with van der Waals surface area (Å²) in [6, 6.07) is 8.87. The van der Waals surface area contributed by atoms with E-state index in [1.54, 1.807) is 30.3 Å². The van der Waals surface area contributed by atoms with E-state index < -0.39 is 18.2 Å². The molecule has 0 heterocycles. The molecule has 0 fully saturated rings. The Hall–Kier alpha value is -2.25. The number of benzene rings is 2. The van der Waals surface area contributed by atoms with Crippen LogP contribution in [0.2, 0.25) is 0 Å². The number of methoxy groups -OCH3 is 1. The molecule has 0 unspecified atom stereocenters. The van der Waals surface area contributed by atoms with E-state index in [-0.39, 0.29) is 37.9 Å². The molecular formula is C24H28FIN2O6. The highest BCUT2D eigenvalue weighted by Gasteiger charge is 2.36. The van der Waals surface area contributed by atoms with Crippen molar-refractivity contribution in [3.05, 3.63) is 68.6 Å². The predicted molar refractivity (Wildman–Crippen MR) is 132 cm³/mol. The van der Waals surface area contributed by atoms with E-state index in [1.807, 2.05) is 0 Å². The van der Waals surface area contributed by atoms with Gasteiger partial charge in [-0.05, 0) is 70.5 Å². The highest BCUT2D eigenvalue weighted by Crippen LogP contribution is 2.36. The molecule has 5 N–H and O–H groups in total. The van der Waals surface area contributed by atoms with E-state index >= 15 is 0 Å². The minimum absolute atomic E-state index is 0.103. The largest absolute Gasteiger partial charge is 0.493 e. The molecule has 0 bridgehead atoms. The zero-order valence-corrected chi connectivity index (χ0v) is 20.8. The van der Waals surface area contributed by atoms with Crippen molar-refractivity contribution in [2.24, 2.45) is 0 Å². The van der Waals surface area contributed by atoms with Crippen molar-refractivity contribution in [2.75, 3.05) is 20.3 Å². The number of hydrogen-bond donors (Lipinski definition) is 5. The molecule has 0 spiro atoms. The maximum absolute atomic E-state index is 13.2. The van der Waals surface area contributed by atoms with Crippen LogP contribution in [0, 0.1) is 9.39 Å². The molecule has 0 aromatic heterocycles. The third-order valence-corrected chi connectivity index (χ3v) is 6.25. The van der Waals surface area contributed by atoms with Crippen LogP contribution in [0.5, 0.6) is 11.5 Å². The first-order chi connectivity index (χ1) is 16.4.